The second kappa shape index (κ2) is 5.38. The van der Waals surface area contributed by atoms with Crippen LogP contribution in [0.2, 0.25) is 0 Å². The highest BCUT2D eigenvalue weighted by atomic mass is 15.3. The van der Waals surface area contributed by atoms with E-state index in [0.29, 0.717) is 11.3 Å². The van der Waals surface area contributed by atoms with Crippen molar-refractivity contribution in [2.45, 2.75) is 51.5 Å². The highest BCUT2D eigenvalue weighted by Crippen LogP contribution is 2.47. The zero-order valence-electron chi connectivity index (χ0n) is 13.1. The van der Waals surface area contributed by atoms with Crippen molar-refractivity contribution in [3.05, 3.63) is 35.9 Å². The fourth-order valence-electron chi connectivity index (χ4n) is 3.16. The molecule has 0 aromatic carbocycles. The predicted octanol–water partition coefficient (Wildman–Crippen LogP) is 3.14. The Hall–Kier alpha value is -1.91. The van der Waals surface area contributed by atoms with Crippen molar-refractivity contribution >= 4 is 5.95 Å². The summed E-state index contributed by atoms with van der Waals surface area (Å²) < 4.78 is 2.03. The maximum atomic E-state index is 4.74. The molecule has 22 heavy (non-hydrogen) atoms. The van der Waals surface area contributed by atoms with E-state index in [9.17, 15) is 0 Å². The molecule has 116 valence electrons. The summed E-state index contributed by atoms with van der Waals surface area (Å²) in [7, 11) is 0. The zero-order valence-corrected chi connectivity index (χ0v) is 13.1. The fraction of sp³-hybridized carbons (Fsp3) is 0.588. The minimum absolute atomic E-state index is 0.329. The Morgan fingerprint density at radius 2 is 2.18 bits per heavy atom. The molecule has 2 aliphatic rings. The number of aryl methyl sites for hydroxylation is 1. The smallest absolute Gasteiger partial charge is 0.223 e. The Labute approximate surface area is 131 Å². The van der Waals surface area contributed by atoms with Gasteiger partial charge in [-0.05, 0) is 44.7 Å². The van der Waals surface area contributed by atoms with Gasteiger partial charge < -0.3 is 5.32 Å². The minimum atomic E-state index is 0.329. The second-order valence-electron chi connectivity index (χ2n) is 6.94. The van der Waals surface area contributed by atoms with E-state index in [2.05, 4.69) is 28.4 Å². The zero-order chi connectivity index (χ0) is 15.0. The lowest BCUT2D eigenvalue weighted by atomic mass is 9.83. The standard InChI is InChI=1S/C17H23N5/c1-13-10-15(14-4-2-5-14)21-16(20-13)18-11-17(6-7-17)12-22-9-3-8-19-22/h3,8-10,14H,2,4-7,11-12H2,1H3,(H,18,20,21). The lowest BCUT2D eigenvalue weighted by Gasteiger charge is -2.25. The quantitative estimate of drug-likeness (QED) is 0.890. The van der Waals surface area contributed by atoms with Gasteiger partial charge in [0.25, 0.3) is 0 Å². The third-order valence-electron chi connectivity index (χ3n) is 5.03. The second-order valence-corrected chi connectivity index (χ2v) is 6.94. The first kappa shape index (κ1) is 13.7. The largest absolute Gasteiger partial charge is 0.354 e. The normalized spacial score (nSPS) is 19.7. The summed E-state index contributed by atoms with van der Waals surface area (Å²) in [5.74, 6) is 1.45. The number of hydrogen-bond donors (Lipinski definition) is 1. The predicted molar refractivity (Wildman–Crippen MR) is 85.7 cm³/mol. The molecule has 0 aliphatic heterocycles. The van der Waals surface area contributed by atoms with Crippen molar-refractivity contribution < 1.29 is 0 Å². The van der Waals surface area contributed by atoms with Gasteiger partial charge in [-0.15, -0.1) is 0 Å². The lowest BCUT2D eigenvalue weighted by Crippen LogP contribution is -2.23. The molecule has 5 nitrogen and oxygen atoms in total. The Morgan fingerprint density at radius 1 is 1.32 bits per heavy atom. The molecule has 0 bridgehead atoms. The molecular weight excluding hydrogens is 274 g/mol. The highest BCUT2D eigenvalue weighted by Gasteiger charge is 2.43. The summed E-state index contributed by atoms with van der Waals surface area (Å²) in [5, 5.41) is 7.80. The van der Waals surface area contributed by atoms with Gasteiger partial charge in [0, 0.05) is 48.2 Å². The molecule has 0 amide bonds. The fourth-order valence-corrected chi connectivity index (χ4v) is 3.16. The van der Waals surface area contributed by atoms with E-state index >= 15 is 0 Å². The molecule has 1 N–H and O–H groups in total. The van der Waals surface area contributed by atoms with Gasteiger partial charge >= 0.3 is 0 Å². The molecule has 2 saturated carbocycles. The topological polar surface area (TPSA) is 55.6 Å². The van der Waals surface area contributed by atoms with Crippen LogP contribution in [0.3, 0.4) is 0 Å². The molecule has 0 atom stereocenters. The van der Waals surface area contributed by atoms with Crippen LogP contribution in [0.5, 0.6) is 0 Å². The maximum Gasteiger partial charge on any atom is 0.223 e. The molecular formula is C17H23N5. The Morgan fingerprint density at radius 3 is 2.82 bits per heavy atom. The van der Waals surface area contributed by atoms with Crippen molar-refractivity contribution in [3.8, 4) is 0 Å². The van der Waals surface area contributed by atoms with Gasteiger partial charge in [0.05, 0.1) is 0 Å². The summed E-state index contributed by atoms with van der Waals surface area (Å²) in [5.41, 5.74) is 2.62. The molecule has 0 unspecified atom stereocenters. The molecule has 0 spiro atoms. The van der Waals surface area contributed by atoms with Crippen molar-refractivity contribution in [3.63, 3.8) is 0 Å². The average Bonchev–Trinajstić information content (AvgIpc) is 2.99. The number of hydrogen-bond acceptors (Lipinski definition) is 4. The van der Waals surface area contributed by atoms with Crippen LogP contribution in [0.1, 0.15) is 49.4 Å². The first-order valence-corrected chi connectivity index (χ1v) is 8.29. The van der Waals surface area contributed by atoms with E-state index in [4.69, 9.17) is 4.98 Å². The molecule has 2 heterocycles. The highest BCUT2D eigenvalue weighted by molar-refractivity contribution is 5.31. The molecule has 4 rings (SSSR count). The van der Waals surface area contributed by atoms with E-state index in [1.807, 2.05) is 23.1 Å². The Balaban J connectivity index is 1.42. The van der Waals surface area contributed by atoms with Gasteiger partial charge in [-0.2, -0.15) is 5.10 Å². The van der Waals surface area contributed by atoms with Crippen LogP contribution in [0.15, 0.2) is 24.5 Å². The third kappa shape index (κ3) is 2.85. The van der Waals surface area contributed by atoms with Crippen LogP contribution in [-0.4, -0.2) is 26.3 Å². The molecule has 0 radical (unpaired) electrons. The van der Waals surface area contributed by atoms with Crippen LogP contribution < -0.4 is 5.32 Å². The SMILES string of the molecule is Cc1cc(C2CCC2)nc(NCC2(Cn3cccn3)CC2)n1. The first-order chi connectivity index (χ1) is 10.7. The van der Waals surface area contributed by atoms with E-state index in [-0.39, 0.29) is 0 Å². The van der Waals surface area contributed by atoms with Crippen LogP contribution >= 0.6 is 0 Å². The third-order valence-corrected chi connectivity index (χ3v) is 5.03. The van der Waals surface area contributed by atoms with Crippen molar-refractivity contribution in [2.75, 3.05) is 11.9 Å². The summed E-state index contributed by atoms with van der Waals surface area (Å²) >= 11 is 0. The number of aromatic nitrogens is 4. The average molecular weight is 297 g/mol. The Bertz CT molecular complexity index is 641. The number of anilines is 1. The maximum absolute atomic E-state index is 4.74. The Kier molecular flexibility index (Phi) is 3.36. The van der Waals surface area contributed by atoms with Crippen LogP contribution in [-0.2, 0) is 6.54 Å². The van der Waals surface area contributed by atoms with Gasteiger partial charge in [-0.3, -0.25) is 4.68 Å². The van der Waals surface area contributed by atoms with Gasteiger partial charge in [0.15, 0.2) is 0 Å². The number of rotatable bonds is 6. The molecule has 0 saturated heterocycles. The van der Waals surface area contributed by atoms with E-state index < -0.39 is 0 Å². The van der Waals surface area contributed by atoms with E-state index in [0.717, 1.165) is 24.7 Å². The molecule has 2 aromatic rings. The monoisotopic (exact) mass is 297 g/mol. The number of nitrogens with one attached hydrogen (secondary N) is 1. The van der Waals surface area contributed by atoms with Gasteiger partial charge in [-0.1, -0.05) is 6.42 Å². The molecule has 2 aromatic heterocycles. The number of nitrogens with zero attached hydrogens (tertiary/aromatic N) is 4. The van der Waals surface area contributed by atoms with E-state index in [1.54, 1.807) is 0 Å². The van der Waals surface area contributed by atoms with Crippen molar-refractivity contribution in [2.24, 2.45) is 5.41 Å². The van der Waals surface area contributed by atoms with Gasteiger partial charge in [0.1, 0.15) is 0 Å². The van der Waals surface area contributed by atoms with Crippen molar-refractivity contribution in [1.29, 1.82) is 0 Å². The van der Waals surface area contributed by atoms with Crippen LogP contribution in [0.25, 0.3) is 0 Å². The summed E-state index contributed by atoms with van der Waals surface area (Å²) in [6.45, 7) is 3.97. The van der Waals surface area contributed by atoms with Crippen molar-refractivity contribution in [1.82, 2.24) is 19.7 Å². The van der Waals surface area contributed by atoms with E-state index in [1.165, 1.54) is 37.8 Å². The lowest BCUT2D eigenvalue weighted by molar-refractivity contribution is 0.408. The van der Waals surface area contributed by atoms with Gasteiger partial charge in [-0.25, -0.2) is 9.97 Å². The first-order valence-electron chi connectivity index (χ1n) is 8.29. The minimum Gasteiger partial charge on any atom is -0.354 e. The molecule has 2 fully saturated rings. The molecule has 5 heteroatoms. The van der Waals surface area contributed by atoms with Crippen LogP contribution in [0.4, 0.5) is 5.95 Å². The summed E-state index contributed by atoms with van der Waals surface area (Å²) in [4.78, 5) is 9.30. The van der Waals surface area contributed by atoms with Gasteiger partial charge in [0.2, 0.25) is 5.95 Å². The summed E-state index contributed by atoms with van der Waals surface area (Å²) in [6, 6.07) is 4.13. The summed E-state index contributed by atoms with van der Waals surface area (Å²) in [6.07, 6.45) is 10.3. The molecule has 2 aliphatic carbocycles. The van der Waals surface area contributed by atoms with Crippen LogP contribution in [0, 0.1) is 12.3 Å².